The number of aliphatic hydroxyl groups is 1. The van der Waals surface area contributed by atoms with E-state index in [0.717, 1.165) is 52.0 Å². The number of aliphatic hydroxyl groups excluding tert-OH is 1. The minimum atomic E-state index is -0.438. The fourth-order valence-corrected chi connectivity index (χ4v) is 5.23. The van der Waals surface area contributed by atoms with Crippen molar-refractivity contribution in [3.63, 3.8) is 0 Å². The van der Waals surface area contributed by atoms with Gasteiger partial charge in [-0.2, -0.15) is 0 Å². The van der Waals surface area contributed by atoms with E-state index in [2.05, 4.69) is 93.7 Å². The van der Waals surface area contributed by atoms with Gasteiger partial charge in [-0.05, 0) is 48.5 Å². The van der Waals surface area contributed by atoms with Crippen molar-refractivity contribution in [2.24, 2.45) is 0 Å². The largest absolute Gasteiger partial charge is 0.390 e. The second kappa shape index (κ2) is 8.90. The van der Waals surface area contributed by atoms with Gasteiger partial charge in [0.1, 0.15) is 5.82 Å². The van der Waals surface area contributed by atoms with Gasteiger partial charge < -0.3 is 14.6 Å². The molecule has 1 aliphatic rings. The van der Waals surface area contributed by atoms with Crippen molar-refractivity contribution >= 4 is 59.5 Å². The maximum Gasteiger partial charge on any atom is 0.128 e. The van der Waals surface area contributed by atoms with E-state index in [9.17, 15) is 5.11 Å². The second-order valence-electron chi connectivity index (χ2n) is 8.06. The van der Waals surface area contributed by atoms with Gasteiger partial charge >= 0.3 is 0 Å². The summed E-state index contributed by atoms with van der Waals surface area (Å²) < 4.78 is 4.37. The third-order valence-corrected chi connectivity index (χ3v) is 6.98. The first-order chi connectivity index (χ1) is 15.1. The van der Waals surface area contributed by atoms with Gasteiger partial charge in [0, 0.05) is 69.7 Å². The van der Waals surface area contributed by atoms with Crippen molar-refractivity contribution in [1.82, 2.24) is 14.5 Å². The van der Waals surface area contributed by atoms with Crippen LogP contribution in [-0.4, -0.2) is 58.4 Å². The lowest BCUT2D eigenvalue weighted by atomic mass is 10.2. The Morgan fingerprint density at radius 1 is 0.839 bits per heavy atom. The molecule has 4 aromatic rings. The number of benzene rings is 2. The van der Waals surface area contributed by atoms with Crippen LogP contribution in [0.4, 0.5) is 5.82 Å². The highest BCUT2D eigenvalue weighted by Crippen LogP contribution is 2.33. The smallest absolute Gasteiger partial charge is 0.128 e. The highest BCUT2D eigenvalue weighted by atomic mass is 79.9. The van der Waals surface area contributed by atoms with Crippen LogP contribution in [0, 0.1) is 0 Å². The molecule has 5 rings (SSSR count). The number of β-amino-alcohol motifs (C(OH)–C–C–N with tert-alkyl or cyclic N) is 1. The number of rotatable bonds is 5. The fraction of sp³-hybridized carbons (Fsp3) is 0.292. The topological polar surface area (TPSA) is 44.5 Å². The van der Waals surface area contributed by atoms with E-state index in [0.29, 0.717) is 13.1 Å². The lowest BCUT2D eigenvalue weighted by Gasteiger charge is -2.36. The molecule has 2 aromatic carbocycles. The lowest BCUT2D eigenvalue weighted by Crippen LogP contribution is -2.49. The van der Waals surface area contributed by atoms with E-state index in [1.807, 2.05) is 18.3 Å². The maximum atomic E-state index is 11.0. The molecule has 1 atom stereocenters. The summed E-state index contributed by atoms with van der Waals surface area (Å²) in [7, 11) is 0. The molecule has 0 radical (unpaired) electrons. The van der Waals surface area contributed by atoms with Crippen molar-refractivity contribution in [2.45, 2.75) is 12.6 Å². The number of piperazine rings is 1. The predicted octanol–water partition coefficient (Wildman–Crippen LogP) is 4.90. The third kappa shape index (κ3) is 4.37. The Morgan fingerprint density at radius 2 is 1.48 bits per heavy atom. The number of hydrogen-bond acceptors (Lipinski definition) is 4. The molecular formula is C24H24Br2N4O. The summed E-state index contributed by atoms with van der Waals surface area (Å²) in [6, 6.07) is 18.7. The summed E-state index contributed by atoms with van der Waals surface area (Å²) in [6.45, 7) is 4.97. The SMILES string of the molecule is OC(CN1CCN(c2ccccn2)CC1)Cn1c2ccc(Br)cc2c2cc(Br)ccc21. The Hall–Kier alpha value is -1.93. The number of fused-ring (bicyclic) bond motifs is 3. The van der Waals surface area contributed by atoms with Crippen LogP contribution in [0.15, 0.2) is 69.7 Å². The summed E-state index contributed by atoms with van der Waals surface area (Å²) in [6.07, 6.45) is 1.40. The first kappa shape index (κ1) is 20.9. The number of nitrogens with zero attached hydrogens (tertiary/aromatic N) is 4. The van der Waals surface area contributed by atoms with Crippen LogP contribution in [0.3, 0.4) is 0 Å². The molecule has 160 valence electrons. The zero-order valence-electron chi connectivity index (χ0n) is 17.1. The van der Waals surface area contributed by atoms with E-state index in [1.54, 1.807) is 0 Å². The molecule has 0 bridgehead atoms. The first-order valence-electron chi connectivity index (χ1n) is 10.5. The van der Waals surface area contributed by atoms with Crippen LogP contribution in [0.25, 0.3) is 21.8 Å². The van der Waals surface area contributed by atoms with Crippen LogP contribution in [0.5, 0.6) is 0 Å². The van der Waals surface area contributed by atoms with E-state index in [-0.39, 0.29) is 0 Å². The Kier molecular flexibility index (Phi) is 6.01. The first-order valence-corrected chi connectivity index (χ1v) is 12.1. The van der Waals surface area contributed by atoms with Crippen LogP contribution in [0.2, 0.25) is 0 Å². The quantitative estimate of drug-likeness (QED) is 0.389. The number of anilines is 1. The van der Waals surface area contributed by atoms with Crippen LogP contribution in [-0.2, 0) is 6.54 Å². The van der Waals surface area contributed by atoms with Gasteiger partial charge in [0.15, 0.2) is 0 Å². The van der Waals surface area contributed by atoms with E-state index < -0.39 is 6.10 Å². The summed E-state index contributed by atoms with van der Waals surface area (Å²) in [4.78, 5) is 9.12. The normalized spacial score (nSPS) is 16.3. The molecule has 2 aromatic heterocycles. The minimum Gasteiger partial charge on any atom is -0.390 e. The molecule has 1 aliphatic heterocycles. The second-order valence-corrected chi connectivity index (χ2v) is 9.89. The fourth-order valence-electron chi connectivity index (χ4n) is 4.51. The number of halogens is 2. The van der Waals surface area contributed by atoms with Crippen LogP contribution in [0.1, 0.15) is 0 Å². The van der Waals surface area contributed by atoms with E-state index in [1.165, 1.54) is 10.8 Å². The van der Waals surface area contributed by atoms with Gasteiger partial charge in [0.2, 0.25) is 0 Å². The number of hydrogen-bond donors (Lipinski definition) is 1. The van der Waals surface area contributed by atoms with Crippen molar-refractivity contribution in [3.8, 4) is 0 Å². The Labute approximate surface area is 198 Å². The highest BCUT2D eigenvalue weighted by molar-refractivity contribution is 9.10. The molecule has 7 heteroatoms. The van der Waals surface area contributed by atoms with Gasteiger partial charge in [-0.25, -0.2) is 4.98 Å². The van der Waals surface area contributed by atoms with E-state index >= 15 is 0 Å². The summed E-state index contributed by atoms with van der Waals surface area (Å²) in [5.41, 5.74) is 2.30. The van der Waals surface area contributed by atoms with Crippen molar-refractivity contribution < 1.29 is 5.11 Å². The molecule has 0 amide bonds. The Balaban J connectivity index is 1.31. The zero-order valence-corrected chi connectivity index (χ0v) is 20.3. The molecule has 0 saturated carbocycles. The van der Waals surface area contributed by atoms with Gasteiger partial charge in [-0.1, -0.05) is 37.9 Å². The van der Waals surface area contributed by atoms with Crippen molar-refractivity contribution in [3.05, 3.63) is 69.7 Å². The molecule has 0 aliphatic carbocycles. The molecule has 0 spiro atoms. The highest BCUT2D eigenvalue weighted by Gasteiger charge is 2.21. The standard InChI is InChI=1S/C24H24Br2N4O/c25-17-4-6-22-20(13-17)21-14-18(26)5-7-23(21)30(22)16-19(31)15-28-9-11-29(12-10-28)24-3-1-2-8-27-24/h1-8,13-14,19,31H,9-12,15-16H2. The molecule has 1 fully saturated rings. The summed E-state index contributed by atoms with van der Waals surface area (Å²) in [5.74, 6) is 1.03. The van der Waals surface area contributed by atoms with Crippen LogP contribution >= 0.6 is 31.9 Å². The Morgan fingerprint density at radius 3 is 2.06 bits per heavy atom. The maximum absolute atomic E-state index is 11.0. The molecule has 3 heterocycles. The molecule has 1 N–H and O–H groups in total. The summed E-state index contributed by atoms with van der Waals surface area (Å²) >= 11 is 7.20. The monoisotopic (exact) mass is 542 g/mol. The average molecular weight is 544 g/mol. The zero-order chi connectivity index (χ0) is 21.4. The summed E-state index contributed by atoms with van der Waals surface area (Å²) in [5, 5.41) is 13.4. The van der Waals surface area contributed by atoms with Gasteiger partial charge in [-0.3, -0.25) is 4.90 Å². The average Bonchev–Trinajstić information content (AvgIpc) is 3.07. The molecule has 1 saturated heterocycles. The van der Waals surface area contributed by atoms with Gasteiger partial charge in [-0.15, -0.1) is 0 Å². The number of pyridine rings is 1. The minimum absolute atomic E-state index is 0.438. The van der Waals surface area contributed by atoms with Crippen molar-refractivity contribution in [1.29, 1.82) is 0 Å². The molecule has 31 heavy (non-hydrogen) atoms. The predicted molar refractivity (Wildman–Crippen MR) is 134 cm³/mol. The third-order valence-electron chi connectivity index (χ3n) is 6.00. The molecule has 1 unspecified atom stereocenters. The van der Waals surface area contributed by atoms with Gasteiger partial charge in [0.05, 0.1) is 12.6 Å². The number of aromatic nitrogens is 2. The molecule has 5 nitrogen and oxygen atoms in total. The Bertz CT molecular complexity index is 1140. The van der Waals surface area contributed by atoms with Crippen molar-refractivity contribution in [2.75, 3.05) is 37.6 Å². The van der Waals surface area contributed by atoms with Gasteiger partial charge in [0.25, 0.3) is 0 Å². The lowest BCUT2D eigenvalue weighted by molar-refractivity contribution is 0.0968. The van der Waals surface area contributed by atoms with E-state index in [4.69, 9.17) is 0 Å². The van der Waals surface area contributed by atoms with Crippen LogP contribution < -0.4 is 4.90 Å². The molecular weight excluding hydrogens is 520 g/mol.